The minimum absolute atomic E-state index is 0.0628. The first kappa shape index (κ1) is 27.7. The third-order valence-electron chi connectivity index (χ3n) is 8.34. The molecule has 2 aliphatic rings. The average Bonchev–Trinajstić information content (AvgIpc) is 3.48. The van der Waals surface area contributed by atoms with Gasteiger partial charge >= 0.3 is 0 Å². The molecule has 0 aromatic heterocycles. The Labute approximate surface area is 232 Å². The van der Waals surface area contributed by atoms with Crippen molar-refractivity contribution in [2.45, 2.75) is 31.8 Å². The van der Waals surface area contributed by atoms with Gasteiger partial charge < -0.3 is 15.0 Å². The average molecular weight is 545 g/mol. The Morgan fingerprint density at radius 3 is 1.88 bits per heavy atom. The van der Waals surface area contributed by atoms with Gasteiger partial charge in [0.1, 0.15) is 23.5 Å². The second kappa shape index (κ2) is 11.7. The number of rotatable bonds is 8. The first-order valence-electron chi connectivity index (χ1n) is 13.6. The van der Waals surface area contributed by atoms with Crippen LogP contribution in [0.3, 0.4) is 0 Å². The van der Waals surface area contributed by atoms with E-state index in [1.807, 2.05) is 4.90 Å². The number of nitrogens with zero attached hydrogens (tertiary/aromatic N) is 2. The molecule has 5 rings (SSSR count). The zero-order valence-electron chi connectivity index (χ0n) is 22.4. The van der Waals surface area contributed by atoms with E-state index in [0.717, 1.165) is 32.2 Å². The number of hydrogen-bond donors (Lipinski definition) is 2. The summed E-state index contributed by atoms with van der Waals surface area (Å²) in [5, 5.41) is 20.2. The van der Waals surface area contributed by atoms with E-state index in [0.29, 0.717) is 11.1 Å². The molecule has 0 amide bonds. The highest BCUT2D eigenvalue weighted by Gasteiger charge is 2.47. The van der Waals surface area contributed by atoms with Crippen molar-refractivity contribution in [3.05, 3.63) is 94.8 Å². The number of piperidine rings is 1. The SMILES string of the molecule is Cc1c(F)cccc1C1[C@@H](C(=O)c2cccc(O)c2)CN(C(C=O)N2CCCC2)C[C@H]1C(=O)c1cccc(O)c1. The van der Waals surface area contributed by atoms with Crippen molar-refractivity contribution in [2.24, 2.45) is 11.8 Å². The van der Waals surface area contributed by atoms with Crippen LogP contribution < -0.4 is 0 Å². The van der Waals surface area contributed by atoms with E-state index in [-0.39, 0.29) is 47.3 Å². The van der Waals surface area contributed by atoms with Crippen LogP contribution in [0.5, 0.6) is 11.5 Å². The Balaban J connectivity index is 1.66. The Morgan fingerprint density at radius 1 is 0.850 bits per heavy atom. The van der Waals surface area contributed by atoms with E-state index in [2.05, 4.69) is 4.90 Å². The van der Waals surface area contributed by atoms with Crippen LogP contribution in [0, 0.1) is 24.6 Å². The maximum Gasteiger partial charge on any atom is 0.167 e. The number of Topliss-reactive ketones (excluding diaryl/α,β-unsaturated/α-hetero) is 2. The van der Waals surface area contributed by atoms with E-state index < -0.39 is 29.7 Å². The second-order valence-corrected chi connectivity index (χ2v) is 10.8. The Hall–Kier alpha value is -3.88. The van der Waals surface area contributed by atoms with Gasteiger partial charge in [0.15, 0.2) is 17.9 Å². The Kier molecular flexibility index (Phi) is 8.09. The van der Waals surface area contributed by atoms with E-state index in [1.54, 1.807) is 43.3 Å². The molecular weight excluding hydrogens is 511 g/mol. The monoisotopic (exact) mass is 544 g/mol. The highest BCUT2D eigenvalue weighted by Crippen LogP contribution is 2.43. The predicted octanol–water partition coefficient (Wildman–Crippen LogP) is 4.56. The van der Waals surface area contributed by atoms with Crippen LogP contribution >= 0.6 is 0 Å². The summed E-state index contributed by atoms with van der Waals surface area (Å²) in [5.41, 5.74) is 1.46. The van der Waals surface area contributed by atoms with Crippen LogP contribution in [0.25, 0.3) is 0 Å². The lowest BCUT2D eigenvalue weighted by atomic mass is 9.67. The van der Waals surface area contributed by atoms with Gasteiger partial charge in [0.2, 0.25) is 0 Å². The minimum atomic E-state index is -0.813. The molecule has 3 aromatic rings. The highest BCUT2D eigenvalue weighted by atomic mass is 19.1. The van der Waals surface area contributed by atoms with Gasteiger partial charge in [-0.3, -0.25) is 19.4 Å². The van der Waals surface area contributed by atoms with Gasteiger partial charge in [-0.25, -0.2) is 4.39 Å². The van der Waals surface area contributed by atoms with Gasteiger partial charge in [-0.05, 0) is 61.2 Å². The Morgan fingerprint density at radius 2 is 1.38 bits per heavy atom. The lowest BCUT2D eigenvalue weighted by Gasteiger charge is -2.46. The second-order valence-electron chi connectivity index (χ2n) is 10.8. The molecule has 2 aliphatic heterocycles. The van der Waals surface area contributed by atoms with E-state index in [1.165, 1.54) is 30.3 Å². The van der Waals surface area contributed by atoms with Crippen LogP contribution in [-0.4, -0.2) is 70.2 Å². The zero-order valence-corrected chi connectivity index (χ0v) is 22.4. The van der Waals surface area contributed by atoms with Gasteiger partial charge in [0.05, 0.1) is 0 Å². The number of phenolic OH excluding ortho intramolecular Hbond substituents is 2. The lowest BCUT2D eigenvalue weighted by Crippen LogP contribution is -2.58. The van der Waals surface area contributed by atoms with E-state index >= 15 is 0 Å². The van der Waals surface area contributed by atoms with Crippen molar-refractivity contribution in [3.8, 4) is 11.5 Å². The molecular formula is C32H33FN2O5. The quantitative estimate of drug-likeness (QED) is 0.317. The number of benzene rings is 3. The first-order valence-corrected chi connectivity index (χ1v) is 13.6. The molecule has 8 heteroatoms. The third kappa shape index (κ3) is 5.42. The summed E-state index contributed by atoms with van der Waals surface area (Å²) in [6.45, 7) is 3.48. The van der Waals surface area contributed by atoms with Crippen LogP contribution in [0.2, 0.25) is 0 Å². The molecule has 2 N–H and O–H groups in total. The summed E-state index contributed by atoms with van der Waals surface area (Å²) in [6.07, 6.45) is 2.17. The number of halogens is 1. The van der Waals surface area contributed by atoms with Gasteiger partial charge in [-0.1, -0.05) is 36.4 Å². The number of ketones is 2. The van der Waals surface area contributed by atoms with Crippen molar-refractivity contribution in [3.63, 3.8) is 0 Å². The Bertz CT molecular complexity index is 1350. The predicted molar refractivity (Wildman–Crippen MR) is 148 cm³/mol. The molecule has 7 nitrogen and oxygen atoms in total. The molecule has 0 radical (unpaired) electrons. The number of phenols is 2. The molecule has 40 heavy (non-hydrogen) atoms. The molecule has 2 heterocycles. The number of carbonyl (C=O) groups is 3. The molecule has 4 atom stereocenters. The number of aldehydes is 1. The lowest BCUT2D eigenvalue weighted by molar-refractivity contribution is -0.120. The number of aromatic hydroxyl groups is 2. The molecule has 0 saturated carbocycles. The smallest absolute Gasteiger partial charge is 0.167 e. The zero-order chi connectivity index (χ0) is 28.4. The van der Waals surface area contributed by atoms with Crippen LogP contribution in [0.1, 0.15) is 50.6 Å². The van der Waals surface area contributed by atoms with Gasteiger partial charge in [-0.2, -0.15) is 0 Å². The summed E-state index contributed by atoms with van der Waals surface area (Å²) >= 11 is 0. The molecule has 0 spiro atoms. The molecule has 208 valence electrons. The van der Waals surface area contributed by atoms with Crippen LogP contribution in [-0.2, 0) is 4.79 Å². The summed E-state index contributed by atoms with van der Waals surface area (Å²) in [5.74, 6) is -3.49. The standard InChI is InChI=1S/C32H33FN2O5/c1-20-25(11-6-12-28(20)33)30-26(31(39)21-7-4-9-23(37)15-21)17-35(29(19-36)34-13-2-3-14-34)18-27(30)32(40)22-8-5-10-24(38)16-22/h4-12,15-16,19,26-27,29-30,37-38H,2-3,13-14,17-18H2,1H3/t26-,27+,29?,30?. The van der Waals surface area contributed by atoms with E-state index in [4.69, 9.17) is 0 Å². The van der Waals surface area contributed by atoms with Crippen molar-refractivity contribution in [2.75, 3.05) is 26.2 Å². The molecule has 0 aliphatic carbocycles. The maximum atomic E-state index is 14.9. The maximum absolute atomic E-state index is 14.9. The third-order valence-corrected chi connectivity index (χ3v) is 8.34. The molecule has 2 saturated heterocycles. The number of carbonyl (C=O) groups excluding carboxylic acids is 3. The summed E-state index contributed by atoms with van der Waals surface area (Å²) in [7, 11) is 0. The molecule has 2 fully saturated rings. The van der Waals surface area contributed by atoms with Crippen molar-refractivity contribution >= 4 is 17.9 Å². The van der Waals surface area contributed by atoms with Crippen molar-refractivity contribution in [1.82, 2.24) is 9.80 Å². The summed E-state index contributed by atoms with van der Waals surface area (Å²) in [6, 6.07) is 16.8. The molecule has 3 aromatic carbocycles. The largest absolute Gasteiger partial charge is 0.508 e. The fourth-order valence-electron chi connectivity index (χ4n) is 6.37. The summed E-state index contributed by atoms with van der Waals surface area (Å²) < 4.78 is 14.9. The van der Waals surface area contributed by atoms with Gasteiger partial charge in [-0.15, -0.1) is 0 Å². The minimum Gasteiger partial charge on any atom is -0.508 e. The number of hydrogen-bond acceptors (Lipinski definition) is 7. The van der Waals surface area contributed by atoms with Gasteiger partial charge in [0.25, 0.3) is 0 Å². The normalized spacial score (nSPS) is 22.6. The first-order chi connectivity index (χ1) is 19.3. The number of likely N-dealkylation sites (tertiary alicyclic amines) is 2. The van der Waals surface area contributed by atoms with Crippen molar-refractivity contribution < 1.29 is 29.0 Å². The fraction of sp³-hybridized carbons (Fsp3) is 0.344. The summed E-state index contributed by atoms with van der Waals surface area (Å²) in [4.78, 5) is 44.8. The molecule has 0 bridgehead atoms. The highest BCUT2D eigenvalue weighted by molar-refractivity contribution is 6.02. The molecule has 2 unspecified atom stereocenters. The van der Waals surface area contributed by atoms with Crippen molar-refractivity contribution in [1.29, 1.82) is 0 Å². The fourth-order valence-corrected chi connectivity index (χ4v) is 6.37. The topological polar surface area (TPSA) is 98.2 Å². The van der Waals surface area contributed by atoms with Crippen LogP contribution in [0.15, 0.2) is 66.7 Å². The van der Waals surface area contributed by atoms with Crippen LogP contribution in [0.4, 0.5) is 4.39 Å². The van der Waals surface area contributed by atoms with E-state index in [9.17, 15) is 29.0 Å². The van der Waals surface area contributed by atoms with Gasteiger partial charge in [0, 0.05) is 55.1 Å².